The van der Waals surface area contributed by atoms with Crippen molar-refractivity contribution in [3.05, 3.63) is 24.0 Å². The zero-order chi connectivity index (χ0) is 13.9. The second kappa shape index (κ2) is 5.91. The van der Waals surface area contributed by atoms with Crippen LogP contribution >= 0.6 is 0 Å². The summed E-state index contributed by atoms with van der Waals surface area (Å²) in [6, 6.07) is 2.07. The van der Waals surface area contributed by atoms with Crippen LogP contribution in [-0.2, 0) is 5.54 Å². The van der Waals surface area contributed by atoms with Crippen molar-refractivity contribution in [2.75, 3.05) is 6.61 Å². The number of nitrogens with zero attached hydrogens (tertiary/aromatic N) is 1. The molecule has 0 aromatic carbocycles. The fraction of sp³-hybridized carbons (Fsp3) is 0.688. The third-order valence-electron chi connectivity index (χ3n) is 4.37. The molecule has 19 heavy (non-hydrogen) atoms. The Kier molecular flexibility index (Phi) is 4.46. The van der Waals surface area contributed by atoms with Gasteiger partial charge in [0, 0.05) is 11.7 Å². The van der Waals surface area contributed by atoms with E-state index < -0.39 is 0 Å². The summed E-state index contributed by atoms with van der Waals surface area (Å²) in [5, 5.41) is 0. The summed E-state index contributed by atoms with van der Waals surface area (Å²) >= 11 is 0. The van der Waals surface area contributed by atoms with Gasteiger partial charge in [0.05, 0.1) is 12.8 Å². The Morgan fingerprint density at radius 3 is 2.95 bits per heavy atom. The minimum atomic E-state index is -0.229. The van der Waals surface area contributed by atoms with Gasteiger partial charge in [0.15, 0.2) is 0 Å². The summed E-state index contributed by atoms with van der Waals surface area (Å²) in [5.41, 5.74) is 7.58. The summed E-state index contributed by atoms with van der Waals surface area (Å²) in [6.45, 7) is 7.24. The molecule has 0 bridgehead atoms. The van der Waals surface area contributed by atoms with Gasteiger partial charge in [-0.15, -0.1) is 0 Å². The van der Waals surface area contributed by atoms with Crippen LogP contribution in [0.3, 0.4) is 0 Å². The highest BCUT2D eigenvalue weighted by Gasteiger charge is 2.35. The topological polar surface area (TPSA) is 48.1 Å². The number of hydrogen-bond acceptors (Lipinski definition) is 3. The van der Waals surface area contributed by atoms with Gasteiger partial charge in [0.2, 0.25) is 0 Å². The van der Waals surface area contributed by atoms with Gasteiger partial charge in [0.1, 0.15) is 5.75 Å². The molecule has 0 spiro atoms. The lowest BCUT2D eigenvalue weighted by atomic mass is 9.70. The highest BCUT2D eigenvalue weighted by molar-refractivity contribution is 5.29. The minimum Gasteiger partial charge on any atom is -0.492 e. The van der Waals surface area contributed by atoms with E-state index in [1.165, 1.54) is 12.8 Å². The molecule has 3 nitrogen and oxygen atoms in total. The summed E-state index contributed by atoms with van der Waals surface area (Å²) in [7, 11) is 0. The number of aromatic nitrogens is 1. The molecule has 2 unspecified atom stereocenters. The van der Waals surface area contributed by atoms with Gasteiger partial charge in [0.25, 0.3) is 0 Å². The number of pyridine rings is 1. The smallest absolute Gasteiger partial charge is 0.137 e. The van der Waals surface area contributed by atoms with E-state index in [0.29, 0.717) is 12.5 Å². The molecule has 1 aromatic rings. The summed E-state index contributed by atoms with van der Waals surface area (Å²) in [4.78, 5) is 4.29. The summed E-state index contributed by atoms with van der Waals surface area (Å²) in [5.74, 6) is 2.25. The van der Waals surface area contributed by atoms with E-state index in [1.54, 1.807) is 6.20 Å². The van der Waals surface area contributed by atoms with Crippen LogP contribution in [0.5, 0.6) is 5.75 Å². The van der Waals surface area contributed by atoms with E-state index in [1.807, 2.05) is 13.1 Å². The zero-order valence-corrected chi connectivity index (χ0v) is 12.4. The van der Waals surface area contributed by atoms with Crippen LogP contribution in [0.2, 0.25) is 0 Å². The Bertz CT molecular complexity index is 419. The predicted molar refractivity (Wildman–Crippen MR) is 78.1 cm³/mol. The van der Waals surface area contributed by atoms with Crippen molar-refractivity contribution < 1.29 is 4.74 Å². The fourth-order valence-electron chi connectivity index (χ4n) is 3.12. The Morgan fingerprint density at radius 2 is 2.26 bits per heavy atom. The van der Waals surface area contributed by atoms with Crippen molar-refractivity contribution in [3.63, 3.8) is 0 Å². The van der Waals surface area contributed by atoms with Crippen LogP contribution in [0.25, 0.3) is 0 Å². The lowest BCUT2D eigenvalue weighted by Crippen LogP contribution is -2.42. The first-order valence-electron chi connectivity index (χ1n) is 7.42. The highest BCUT2D eigenvalue weighted by atomic mass is 16.5. The molecule has 0 amide bonds. The Morgan fingerprint density at radius 1 is 1.47 bits per heavy atom. The van der Waals surface area contributed by atoms with Crippen LogP contribution in [0.1, 0.15) is 52.0 Å². The van der Waals surface area contributed by atoms with Crippen molar-refractivity contribution in [1.29, 1.82) is 0 Å². The van der Waals surface area contributed by atoms with E-state index in [2.05, 4.69) is 24.9 Å². The first kappa shape index (κ1) is 14.3. The van der Waals surface area contributed by atoms with Gasteiger partial charge in [-0.1, -0.05) is 26.7 Å². The van der Waals surface area contributed by atoms with Crippen molar-refractivity contribution in [3.8, 4) is 5.75 Å². The Balaban J connectivity index is 2.20. The Labute approximate surface area is 116 Å². The molecule has 0 saturated heterocycles. The van der Waals surface area contributed by atoms with Gasteiger partial charge in [-0.25, -0.2) is 0 Å². The van der Waals surface area contributed by atoms with Gasteiger partial charge in [-0.2, -0.15) is 0 Å². The summed E-state index contributed by atoms with van der Waals surface area (Å²) in [6.07, 6.45) is 8.28. The quantitative estimate of drug-likeness (QED) is 0.903. The number of ether oxygens (including phenoxy) is 1. The average molecular weight is 262 g/mol. The normalized spacial score (nSPS) is 27.5. The van der Waals surface area contributed by atoms with Crippen LogP contribution in [0.4, 0.5) is 0 Å². The molecule has 0 radical (unpaired) electrons. The maximum Gasteiger partial charge on any atom is 0.137 e. The second-order valence-corrected chi connectivity index (χ2v) is 6.10. The van der Waals surface area contributed by atoms with E-state index in [9.17, 15) is 0 Å². The van der Waals surface area contributed by atoms with Crippen LogP contribution in [0, 0.1) is 11.8 Å². The molecular formula is C16H26N2O. The Hall–Kier alpha value is -1.09. The zero-order valence-electron chi connectivity index (χ0n) is 12.4. The van der Waals surface area contributed by atoms with Crippen molar-refractivity contribution in [2.24, 2.45) is 17.6 Å². The number of hydrogen-bond donors (Lipinski definition) is 1. The molecule has 2 atom stereocenters. The highest BCUT2D eigenvalue weighted by Crippen LogP contribution is 2.41. The van der Waals surface area contributed by atoms with Crippen LogP contribution in [-0.4, -0.2) is 11.6 Å². The third-order valence-corrected chi connectivity index (χ3v) is 4.37. The van der Waals surface area contributed by atoms with Gasteiger partial charge < -0.3 is 10.5 Å². The van der Waals surface area contributed by atoms with E-state index in [-0.39, 0.29) is 5.54 Å². The minimum absolute atomic E-state index is 0.229. The van der Waals surface area contributed by atoms with Crippen molar-refractivity contribution in [1.82, 2.24) is 4.98 Å². The first-order chi connectivity index (χ1) is 9.05. The van der Waals surface area contributed by atoms with Crippen molar-refractivity contribution in [2.45, 2.75) is 52.0 Å². The molecule has 106 valence electrons. The maximum absolute atomic E-state index is 6.68. The summed E-state index contributed by atoms with van der Waals surface area (Å²) < 4.78 is 5.54. The van der Waals surface area contributed by atoms with Gasteiger partial charge in [-0.05, 0) is 43.2 Å². The lowest BCUT2D eigenvalue weighted by Gasteiger charge is -2.40. The van der Waals surface area contributed by atoms with E-state index >= 15 is 0 Å². The monoisotopic (exact) mass is 262 g/mol. The SMILES string of the molecule is CCOc1cncc(C2(N)CCCC(C(C)C)C2)c1. The molecule has 1 aromatic heterocycles. The molecule has 3 heteroatoms. The average Bonchev–Trinajstić information content (AvgIpc) is 2.39. The standard InChI is InChI=1S/C16H26N2O/c1-4-19-15-8-14(10-18-11-15)16(17)7-5-6-13(9-16)12(2)3/h8,10-13H,4-7,9,17H2,1-3H3. The molecule has 1 fully saturated rings. The fourth-order valence-corrected chi connectivity index (χ4v) is 3.12. The molecular weight excluding hydrogens is 236 g/mol. The van der Waals surface area contributed by atoms with E-state index in [0.717, 1.165) is 30.1 Å². The predicted octanol–water partition coefficient (Wildman–Crippen LogP) is 3.48. The third kappa shape index (κ3) is 3.27. The van der Waals surface area contributed by atoms with Crippen LogP contribution in [0.15, 0.2) is 18.5 Å². The van der Waals surface area contributed by atoms with E-state index in [4.69, 9.17) is 10.5 Å². The molecule has 1 heterocycles. The van der Waals surface area contributed by atoms with Crippen molar-refractivity contribution >= 4 is 0 Å². The molecule has 0 aliphatic heterocycles. The molecule has 1 saturated carbocycles. The molecule has 1 aliphatic carbocycles. The van der Waals surface area contributed by atoms with Gasteiger partial charge in [-0.3, -0.25) is 4.98 Å². The van der Waals surface area contributed by atoms with Crippen LogP contribution < -0.4 is 10.5 Å². The number of rotatable bonds is 4. The lowest BCUT2D eigenvalue weighted by molar-refractivity contribution is 0.183. The first-order valence-corrected chi connectivity index (χ1v) is 7.42. The second-order valence-electron chi connectivity index (χ2n) is 6.10. The largest absolute Gasteiger partial charge is 0.492 e. The van der Waals surface area contributed by atoms with Gasteiger partial charge >= 0.3 is 0 Å². The molecule has 1 aliphatic rings. The number of nitrogens with two attached hydrogens (primary N) is 1. The maximum atomic E-state index is 6.68. The molecule has 2 N–H and O–H groups in total. The molecule has 2 rings (SSSR count).